The predicted molar refractivity (Wildman–Crippen MR) is 197 cm³/mol. The maximum atomic E-state index is 15.1. The van der Waals surface area contributed by atoms with Crippen molar-refractivity contribution in [3.05, 3.63) is 64.0 Å². The van der Waals surface area contributed by atoms with Crippen LogP contribution in [-0.2, 0) is 21.9 Å². The third-order valence-corrected chi connectivity index (χ3v) is 11.5. The Morgan fingerprint density at radius 2 is 1.68 bits per heavy atom. The highest BCUT2D eigenvalue weighted by atomic mass is 32.1. The molecule has 0 saturated carbocycles. The van der Waals surface area contributed by atoms with Gasteiger partial charge in [0.05, 0.1) is 30.5 Å². The molecule has 1 aromatic carbocycles. The summed E-state index contributed by atoms with van der Waals surface area (Å²) in [5.74, 6) is -2.75. The van der Waals surface area contributed by atoms with Crippen LogP contribution in [0.25, 0.3) is 0 Å². The molecule has 0 aliphatic carbocycles. The largest absolute Gasteiger partial charge is 0.491 e. The van der Waals surface area contributed by atoms with Crippen LogP contribution < -0.4 is 19.1 Å². The number of piperazine rings is 1. The number of carbonyl (C=O) groups excluding carboxylic acids is 2. The number of anilines is 1. The zero-order chi connectivity index (χ0) is 40.8. The number of aliphatic carboxylic acids is 1. The molecule has 11 nitrogen and oxygen atoms in total. The molecule has 0 unspecified atom stereocenters. The molecule has 57 heavy (non-hydrogen) atoms. The maximum absolute atomic E-state index is 15.1. The van der Waals surface area contributed by atoms with Gasteiger partial charge in [-0.05, 0) is 43.9 Å². The number of benzene rings is 1. The molecule has 0 radical (unpaired) electrons. The number of carboxylic acids is 1. The summed E-state index contributed by atoms with van der Waals surface area (Å²) in [7, 11) is 0. The van der Waals surface area contributed by atoms with E-state index in [0.29, 0.717) is 68.3 Å². The number of hydrogen-bond acceptors (Lipinski definition) is 9. The minimum Gasteiger partial charge on any atom is -0.491 e. The molecule has 2 saturated heterocycles. The van der Waals surface area contributed by atoms with E-state index in [1.165, 1.54) is 4.90 Å². The highest BCUT2D eigenvalue weighted by Gasteiger charge is 2.56. The summed E-state index contributed by atoms with van der Waals surface area (Å²) in [6.45, 7) is 1.09. The van der Waals surface area contributed by atoms with E-state index in [-0.39, 0.29) is 64.3 Å². The number of carboxylic acid groups (broad SMARTS) is 1. The number of alkyl halides is 6. The van der Waals surface area contributed by atoms with Crippen LogP contribution in [0.5, 0.6) is 17.4 Å². The molecule has 3 aliphatic heterocycles. The van der Waals surface area contributed by atoms with Crippen LogP contribution in [0.1, 0.15) is 85.0 Å². The van der Waals surface area contributed by atoms with E-state index < -0.39 is 63.7 Å². The average Bonchev–Trinajstić information content (AvgIpc) is 3.66. The minimum atomic E-state index is -4.96. The Morgan fingerprint density at radius 1 is 0.947 bits per heavy atom. The molecule has 1 N–H and O–H groups in total. The number of thiophene rings is 1. The zero-order valence-electron chi connectivity index (χ0n) is 31.1. The van der Waals surface area contributed by atoms with Crippen LogP contribution in [0.4, 0.5) is 32.0 Å². The number of carbonyl (C=O) groups is 3. The fraction of sp³-hybridized carbons (Fsp3) is 0.538. The van der Waals surface area contributed by atoms with Crippen molar-refractivity contribution in [2.24, 2.45) is 0 Å². The number of nitrogens with zero attached hydrogens (tertiary/aromatic N) is 4. The van der Waals surface area contributed by atoms with Gasteiger partial charge < -0.3 is 34.0 Å². The van der Waals surface area contributed by atoms with Crippen LogP contribution in [0.15, 0.2) is 48.0 Å². The number of amides is 2. The van der Waals surface area contributed by atoms with Crippen LogP contribution in [-0.4, -0.2) is 95.3 Å². The van der Waals surface area contributed by atoms with Crippen molar-refractivity contribution in [2.45, 2.75) is 88.2 Å². The summed E-state index contributed by atoms with van der Waals surface area (Å²) in [5, 5.41) is 10.1. The number of pyridine rings is 1. The van der Waals surface area contributed by atoms with Crippen molar-refractivity contribution in [3.8, 4) is 17.4 Å². The van der Waals surface area contributed by atoms with Crippen molar-refractivity contribution in [1.82, 2.24) is 14.8 Å². The molecule has 18 heteroatoms. The van der Waals surface area contributed by atoms with Gasteiger partial charge >= 0.3 is 18.3 Å². The molecule has 2 atom stereocenters. The third-order valence-electron chi connectivity index (χ3n) is 10.5. The quantitative estimate of drug-likeness (QED) is 0.169. The van der Waals surface area contributed by atoms with Crippen molar-refractivity contribution in [2.75, 3.05) is 50.8 Å². The van der Waals surface area contributed by atoms with Gasteiger partial charge in [-0.15, -0.1) is 11.3 Å². The van der Waals surface area contributed by atoms with E-state index in [1.807, 2.05) is 17.0 Å². The molecule has 2 amide bonds. The summed E-state index contributed by atoms with van der Waals surface area (Å²) in [6, 6.07) is 7.55. The number of rotatable bonds is 9. The lowest BCUT2D eigenvalue weighted by atomic mass is 9.79. The van der Waals surface area contributed by atoms with Gasteiger partial charge in [0.15, 0.2) is 0 Å². The molecule has 6 rings (SSSR count). The van der Waals surface area contributed by atoms with Gasteiger partial charge in [0.25, 0.3) is 11.8 Å². The van der Waals surface area contributed by atoms with Gasteiger partial charge in [0.2, 0.25) is 11.5 Å². The Morgan fingerprint density at radius 3 is 2.40 bits per heavy atom. The van der Waals surface area contributed by atoms with E-state index in [9.17, 15) is 35.9 Å². The number of fused-ring (bicyclic) bond motifs is 2. The predicted octanol–water partition coefficient (Wildman–Crippen LogP) is 7.93. The number of aromatic nitrogens is 1. The average molecular weight is 827 g/mol. The molecular weight excluding hydrogens is 783 g/mol. The first-order valence-electron chi connectivity index (χ1n) is 19.0. The topological polar surface area (TPSA) is 122 Å². The van der Waals surface area contributed by atoms with Gasteiger partial charge in [-0.1, -0.05) is 37.8 Å². The smallest absolute Gasteiger partial charge is 0.425 e. The molecule has 2 fully saturated rings. The number of ether oxygens (including phenoxy) is 3. The van der Waals surface area contributed by atoms with E-state index in [0.717, 1.165) is 29.8 Å². The number of piperidine rings is 1. The first-order valence-corrected chi connectivity index (χ1v) is 19.9. The van der Waals surface area contributed by atoms with Crippen molar-refractivity contribution < 1.29 is 60.0 Å². The van der Waals surface area contributed by atoms with E-state index in [1.54, 1.807) is 17.0 Å². The summed E-state index contributed by atoms with van der Waals surface area (Å²) in [5.41, 5.74) is -3.26. The number of para-hydroxylation sites is 2. The fourth-order valence-corrected chi connectivity index (χ4v) is 8.48. The molecule has 0 bridgehead atoms. The van der Waals surface area contributed by atoms with Crippen LogP contribution in [0, 0.1) is 0 Å². The Hall–Kier alpha value is -4.74. The summed E-state index contributed by atoms with van der Waals surface area (Å²) in [4.78, 5) is 48.5. The van der Waals surface area contributed by atoms with Crippen molar-refractivity contribution in [1.29, 1.82) is 0 Å². The van der Waals surface area contributed by atoms with Crippen molar-refractivity contribution in [3.63, 3.8) is 0 Å². The van der Waals surface area contributed by atoms with E-state index in [2.05, 4.69) is 4.98 Å². The highest BCUT2D eigenvalue weighted by molar-refractivity contribution is 7.10. The molecule has 3 aromatic rings. The Labute approximate surface area is 329 Å². The van der Waals surface area contributed by atoms with Gasteiger partial charge in [-0.2, -0.15) is 26.3 Å². The normalized spacial score (nSPS) is 21.3. The fourth-order valence-electron chi connectivity index (χ4n) is 7.80. The van der Waals surface area contributed by atoms with Gasteiger partial charge in [-0.25, -0.2) is 4.98 Å². The molecule has 3 aliphatic rings. The SMILES string of the molecule is O=C(O)CCCOc1ccccc1N1CCN(C(=O)[C@]2(Oc3csc(C(F)(F)F)c3)CCCN3C(=O)c4c(C(F)(F)F)ccnc4OCCCCCCC[C@@H]32)CC1. The van der Waals surface area contributed by atoms with Crippen LogP contribution >= 0.6 is 11.3 Å². The number of hydrogen-bond donors (Lipinski definition) is 1. The third kappa shape index (κ3) is 9.70. The molecule has 310 valence electrons. The number of halogens is 6. The minimum absolute atomic E-state index is 0.00671. The lowest BCUT2D eigenvalue weighted by Crippen LogP contribution is -2.69. The maximum Gasteiger partial charge on any atom is 0.425 e. The second kappa shape index (κ2) is 17.8. The van der Waals surface area contributed by atoms with Crippen LogP contribution in [0.3, 0.4) is 0 Å². The highest BCUT2D eigenvalue weighted by Crippen LogP contribution is 2.44. The standard InChI is InChI=1S/C39H44F6N4O7S/c40-38(41,42)27-14-16-46-34-33(27)35(52)49-17-9-15-37(30(49)12-4-2-1-3-7-22-55-34,56-26-24-31(57-25-26)39(43,44)45)36(53)48-20-18-47(19-21-48)28-10-5-6-11-29(28)54-23-8-13-32(50)51/h5-6,10-11,14,16,24-25,30H,1-4,7-9,12-13,15,17-23H2,(H,50,51)/t30-,37+/m1/s1. The molecule has 5 heterocycles. The molecular formula is C39H44F6N4O7S. The van der Waals surface area contributed by atoms with E-state index >= 15 is 4.79 Å². The molecule has 0 spiro atoms. The zero-order valence-corrected chi connectivity index (χ0v) is 31.9. The summed E-state index contributed by atoms with van der Waals surface area (Å²) < 4.78 is 103. The van der Waals surface area contributed by atoms with Crippen molar-refractivity contribution >= 4 is 34.8 Å². The van der Waals surface area contributed by atoms with Gasteiger partial charge in [0.1, 0.15) is 21.9 Å². The Balaban J connectivity index is 1.35. The summed E-state index contributed by atoms with van der Waals surface area (Å²) in [6.07, 6.45) is -5.18. The van der Waals surface area contributed by atoms with Crippen LogP contribution in [0.2, 0.25) is 0 Å². The second-order valence-corrected chi connectivity index (χ2v) is 15.2. The van der Waals surface area contributed by atoms with Gasteiger partial charge in [-0.3, -0.25) is 14.4 Å². The lowest BCUT2D eigenvalue weighted by molar-refractivity contribution is -0.159. The van der Waals surface area contributed by atoms with Gasteiger partial charge in [0, 0.05) is 63.2 Å². The first kappa shape index (κ1) is 41.9. The summed E-state index contributed by atoms with van der Waals surface area (Å²) >= 11 is 0.392. The monoisotopic (exact) mass is 826 g/mol. The molecule has 2 aromatic heterocycles. The second-order valence-electron chi connectivity index (χ2n) is 14.3. The lowest BCUT2D eigenvalue weighted by Gasteiger charge is -2.51. The van der Waals surface area contributed by atoms with E-state index in [4.69, 9.17) is 19.3 Å². The Bertz CT molecular complexity index is 1880. The Kier molecular flexibility index (Phi) is 13.1. The first-order chi connectivity index (χ1) is 27.2.